The molecule has 160 valence electrons. The first-order valence-corrected chi connectivity index (χ1v) is 11.1. The Morgan fingerprint density at radius 1 is 0.848 bits per heavy atom. The van der Waals surface area contributed by atoms with Gasteiger partial charge < -0.3 is 9.47 Å². The highest BCUT2D eigenvalue weighted by atomic mass is 32.2. The molecule has 4 aromatic rings. The Balaban J connectivity index is 1.39. The van der Waals surface area contributed by atoms with Crippen molar-refractivity contribution in [1.82, 2.24) is 10.3 Å². The molecule has 6 rings (SSSR count). The minimum atomic E-state index is -0.353. The van der Waals surface area contributed by atoms with E-state index in [1.807, 2.05) is 36.4 Å². The first-order valence-electron chi connectivity index (χ1n) is 10.3. The number of nitrogens with one attached hydrogen (secondary N) is 1. The lowest BCUT2D eigenvalue weighted by Gasteiger charge is -2.11. The minimum Gasteiger partial charge on any atom is -0.454 e. The molecule has 0 saturated carbocycles. The molecule has 7 heteroatoms. The second-order valence-electron chi connectivity index (χ2n) is 7.67. The second-order valence-corrected chi connectivity index (χ2v) is 8.68. The van der Waals surface area contributed by atoms with E-state index in [2.05, 4.69) is 34.6 Å². The summed E-state index contributed by atoms with van der Waals surface area (Å²) in [5.74, 6) is 1.12. The first kappa shape index (κ1) is 19.6. The van der Waals surface area contributed by atoms with E-state index in [0.29, 0.717) is 4.91 Å². The van der Waals surface area contributed by atoms with Gasteiger partial charge in [0, 0.05) is 18.0 Å². The Morgan fingerprint density at radius 3 is 2.48 bits per heavy atom. The molecule has 0 atom stereocenters. The molecule has 2 aliphatic heterocycles. The molecular weight excluding hydrogens is 436 g/mol. The molecule has 3 aromatic carbocycles. The molecule has 0 unspecified atom stereocenters. The Morgan fingerprint density at radius 2 is 1.67 bits per heavy atom. The number of imide groups is 1. The third-order valence-electron chi connectivity index (χ3n) is 5.60. The maximum Gasteiger partial charge on any atom is 0.290 e. The summed E-state index contributed by atoms with van der Waals surface area (Å²) in [6.07, 6.45) is 5.25. The Bertz CT molecular complexity index is 1480. The van der Waals surface area contributed by atoms with Gasteiger partial charge in [0.05, 0.1) is 4.91 Å². The molecule has 0 aliphatic carbocycles. The molecule has 0 radical (unpaired) electrons. The van der Waals surface area contributed by atoms with Crippen LogP contribution in [0.3, 0.4) is 0 Å². The van der Waals surface area contributed by atoms with E-state index in [1.165, 1.54) is 0 Å². The van der Waals surface area contributed by atoms with Crippen LogP contribution in [-0.2, 0) is 4.79 Å². The number of hydrogen-bond donors (Lipinski definition) is 1. The van der Waals surface area contributed by atoms with Crippen LogP contribution in [0.5, 0.6) is 11.5 Å². The van der Waals surface area contributed by atoms with Crippen molar-refractivity contribution >= 4 is 39.8 Å². The zero-order valence-electron chi connectivity index (χ0n) is 17.2. The van der Waals surface area contributed by atoms with Gasteiger partial charge in [0.15, 0.2) is 11.5 Å². The number of nitrogens with zero attached hydrogens (tertiary/aromatic N) is 1. The lowest BCUT2D eigenvalue weighted by molar-refractivity contribution is -0.115. The number of thioether (sulfide) groups is 1. The maximum absolute atomic E-state index is 11.8. The summed E-state index contributed by atoms with van der Waals surface area (Å²) < 4.78 is 11.4. The van der Waals surface area contributed by atoms with Crippen LogP contribution in [0.25, 0.3) is 39.1 Å². The van der Waals surface area contributed by atoms with Gasteiger partial charge in [-0.3, -0.25) is 19.9 Å². The van der Waals surface area contributed by atoms with Gasteiger partial charge in [-0.2, -0.15) is 0 Å². The molecule has 1 saturated heterocycles. The van der Waals surface area contributed by atoms with E-state index >= 15 is 0 Å². The van der Waals surface area contributed by atoms with Gasteiger partial charge >= 0.3 is 0 Å². The molecule has 3 heterocycles. The number of carbonyl (C=O) groups is 2. The van der Waals surface area contributed by atoms with Crippen LogP contribution in [-0.4, -0.2) is 22.9 Å². The normalized spacial score (nSPS) is 15.9. The predicted octanol–water partition coefficient (Wildman–Crippen LogP) is 5.62. The van der Waals surface area contributed by atoms with Crippen LogP contribution in [0.2, 0.25) is 0 Å². The van der Waals surface area contributed by atoms with Crippen molar-refractivity contribution in [2.75, 3.05) is 6.79 Å². The standard InChI is InChI=1S/C26H16N2O4S/c29-25-23(33-26(30)28-25)10-15-1-2-18-11-19(4-3-17(18)9-15)20-12-21(16-5-7-27-8-6-16)24-22(13-20)31-14-32-24/h1-13H,14H2,(H,28,29,30)/b23-10-. The van der Waals surface area contributed by atoms with Gasteiger partial charge in [-0.05, 0) is 87.3 Å². The fourth-order valence-electron chi connectivity index (χ4n) is 4.03. The van der Waals surface area contributed by atoms with E-state index in [4.69, 9.17) is 9.47 Å². The fraction of sp³-hybridized carbons (Fsp3) is 0.0385. The summed E-state index contributed by atoms with van der Waals surface area (Å²) in [6.45, 7) is 0.203. The number of amides is 2. The molecule has 1 N–H and O–H groups in total. The topological polar surface area (TPSA) is 77.5 Å². The number of ether oxygens (including phenoxy) is 2. The van der Waals surface area contributed by atoms with Gasteiger partial charge in [0.1, 0.15) is 0 Å². The highest BCUT2D eigenvalue weighted by molar-refractivity contribution is 8.18. The fourth-order valence-corrected chi connectivity index (χ4v) is 4.71. The minimum absolute atomic E-state index is 0.203. The van der Waals surface area contributed by atoms with Crippen molar-refractivity contribution in [3.63, 3.8) is 0 Å². The average molecular weight is 452 g/mol. The highest BCUT2D eigenvalue weighted by Gasteiger charge is 2.25. The Hall–Kier alpha value is -4.10. The molecule has 2 aliphatic rings. The van der Waals surface area contributed by atoms with E-state index in [1.54, 1.807) is 18.5 Å². The monoisotopic (exact) mass is 452 g/mol. The van der Waals surface area contributed by atoms with Crippen molar-refractivity contribution in [2.24, 2.45) is 0 Å². The lowest BCUT2D eigenvalue weighted by atomic mass is 9.96. The van der Waals surface area contributed by atoms with Gasteiger partial charge in [0.2, 0.25) is 6.79 Å². The summed E-state index contributed by atoms with van der Waals surface area (Å²) in [6, 6.07) is 20.2. The number of pyridine rings is 1. The quantitative estimate of drug-likeness (QED) is 0.407. The van der Waals surface area contributed by atoms with Crippen molar-refractivity contribution in [1.29, 1.82) is 0 Å². The molecular formula is C26H16N2O4S. The highest BCUT2D eigenvalue weighted by Crippen LogP contribution is 2.44. The Kier molecular flexibility index (Phi) is 4.62. The molecule has 2 amide bonds. The SMILES string of the molecule is O=C1NC(=O)/C(=C/c2ccc3cc(-c4cc5c(c(-c6ccncc6)c4)OCO5)ccc3c2)S1. The summed E-state index contributed by atoms with van der Waals surface area (Å²) in [5.41, 5.74) is 4.92. The Labute approximate surface area is 193 Å². The lowest BCUT2D eigenvalue weighted by Crippen LogP contribution is -2.17. The number of benzene rings is 3. The summed E-state index contributed by atoms with van der Waals surface area (Å²) in [5, 5.41) is 4.04. The van der Waals surface area contributed by atoms with Crippen molar-refractivity contribution in [3.8, 4) is 33.8 Å². The molecule has 0 bridgehead atoms. The maximum atomic E-state index is 11.8. The molecule has 1 fully saturated rings. The summed E-state index contributed by atoms with van der Waals surface area (Å²) >= 11 is 0.918. The van der Waals surface area contributed by atoms with Crippen LogP contribution in [0.1, 0.15) is 5.56 Å². The zero-order valence-corrected chi connectivity index (χ0v) is 18.0. The van der Waals surface area contributed by atoms with Gasteiger partial charge in [-0.15, -0.1) is 0 Å². The van der Waals surface area contributed by atoms with Gasteiger partial charge in [0.25, 0.3) is 11.1 Å². The van der Waals surface area contributed by atoms with Crippen LogP contribution in [0.4, 0.5) is 4.79 Å². The third kappa shape index (κ3) is 3.62. The summed E-state index contributed by atoms with van der Waals surface area (Å²) in [7, 11) is 0. The average Bonchev–Trinajstić information content (AvgIpc) is 3.44. The number of aromatic nitrogens is 1. The van der Waals surface area contributed by atoms with E-state index in [-0.39, 0.29) is 17.9 Å². The number of carbonyl (C=O) groups excluding carboxylic acids is 2. The first-order chi connectivity index (χ1) is 16.1. The van der Waals surface area contributed by atoms with Crippen molar-refractivity contribution in [2.45, 2.75) is 0 Å². The van der Waals surface area contributed by atoms with Crippen LogP contribution >= 0.6 is 11.8 Å². The number of hydrogen-bond acceptors (Lipinski definition) is 6. The zero-order chi connectivity index (χ0) is 22.4. The van der Waals surface area contributed by atoms with E-state index in [9.17, 15) is 9.59 Å². The largest absolute Gasteiger partial charge is 0.454 e. The number of rotatable bonds is 3. The van der Waals surface area contributed by atoms with Crippen LogP contribution < -0.4 is 14.8 Å². The van der Waals surface area contributed by atoms with Gasteiger partial charge in [-0.1, -0.05) is 24.3 Å². The predicted molar refractivity (Wildman–Crippen MR) is 128 cm³/mol. The number of fused-ring (bicyclic) bond motifs is 2. The smallest absolute Gasteiger partial charge is 0.290 e. The van der Waals surface area contributed by atoms with E-state index < -0.39 is 0 Å². The molecule has 1 aromatic heterocycles. The summed E-state index contributed by atoms with van der Waals surface area (Å²) in [4.78, 5) is 27.7. The van der Waals surface area contributed by atoms with Crippen molar-refractivity contribution < 1.29 is 19.1 Å². The molecule has 6 nitrogen and oxygen atoms in total. The van der Waals surface area contributed by atoms with E-state index in [0.717, 1.165) is 61.9 Å². The third-order valence-corrected chi connectivity index (χ3v) is 6.41. The molecule has 33 heavy (non-hydrogen) atoms. The van der Waals surface area contributed by atoms with Crippen LogP contribution in [0, 0.1) is 0 Å². The molecule has 0 spiro atoms. The van der Waals surface area contributed by atoms with Crippen LogP contribution in [0.15, 0.2) is 78.0 Å². The second kappa shape index (κ2) is 7.79. The van der Waals surface area contributed by atoms with Gasteiger partial charge in [-0.25, -0.2) is 0 Å². The van der Waals surface area contributed by atoms with Crippen molar-refractivity contribution in [3.05, 3.63) is 83.5 Å².